The molecule has 0 aromatic heterocycles. The Kier molecular flexibility index (Phi) is 5.19. The van der Waals surface area contributed by atoms with Crippen LogP contribution in [-0.4, -0.2) is 43.0 Å². The van der Waals surface area contributed by atoms with Gasteiger partial charge in [0.05, 0.1) is 0 Å². The van der Waals surface area contributed by atoms with Crippen LogP contribution in [0.4, 0.5) is 0 Å². The molecule has 0 aromatic carbocycles. The molecular weight excluding hydrogens is 230 g/mol. The van der Waals surface area contributed by atoms with Crippen LogP contribution in [-0.2, 0) is 4.74 Å². The first kappa shape index (κ1) is 13.7. The van der Waals surface area contributed by atoms with Crippen LogP contribution in [0.5, 0.6) is 0 Å². The van der Waals surface area contributed by atoms with Gasteiger partial charge in [0, 0.05) is 25.8 Å². The van der Waals surface area contributed by atoms with Gasteiger partial charge in [0.1, 0.15) is 0 Å². The maximum Gasteiger partial charge on any atom is 0.0472 e. The van der Waals surface area contributed by atoms with Crippen LogP contribution in [0.25, 0.3) is 0 Å². The summed E-state index contributed by atoms with van der Waals surface area (Å²) in [5.41, 5.74) is 0.417. The highest BCUT2D eigenvalue weighted by molar-refractivity contribution is 7.80. The van der Waals surface area contributed by atoms with Crippen molar-refractivity contribution in [2.24, 2.45) is 5.41 Å². The second-order valence-corrected chi connectivity index (χ2v) is 6.09. The molecule has 1 saturated heterocycles. The molecule has 100 valence electrons. The van der Waals surface area contributed by atoms with Crippen LogP contribution in [0, 0.1) is 5.41 Å². The van der Waals surface area contributed by atoms with Crippen molar-refractivity contribution in [1.29, 1.82) is 0 Å². The third kappa shape index (κ3) is 3.39. The fraction of sp³-hybridized carbons (Fsp3) is 1.00. The van der Waals surface area contributed by atoms with E-state index in [1.165, 1.54) is 51.6 Å². The van der Waals surface area contributed by atoms with Crippen molar-refractivity contribution < 1.29 is 4.74 Å². The zero-order chi connectivity index (χ0) is 12.1. The van der Waals surface area contributed by atoms with Gasteiger partial charge in [-0.25, -0.2) is 0 Å². The van der Waals surface area contributed by atoms with Crippen molar-refractivity contribution in [3.8, 4) is 0 Å². The Labute approximate surface area is 112 Å². The third-order valence-electron chi connectivity index (χ3n) is 4.67. The standard InChI is InChI=1S/C14H27NOS/c1-2-15(13-5-3-4-6-13)11-14(12-17)7-9-16-10-8-14/h13,17H,2-12H2,1H3. The summed E-state index contributed by atoms with van der Waals surface area (Å²) < 4.78 is 5.51. The van der Waals surface area contributed by atoms with Crippen LogP contribution in [0.3, 0.4) is 0 Å². The summed E-state index contributed by atoms with van der Waals surface area (Å²) in [4.78, 5) is 2.72. The van der Waals surface area contributed by atoms with E-state index in [0.29, 0.717) is 5.41 Å². The molecule has 0 radical (unpaired) electrons. The molecule has 1 saturated carbocycles. The van der Waals surface area contributed by atoms with Crippen molar-refractivity contribution in [2.45, 2.75) is 51.5 Å². The van der Waals surface area contributed by atoms with E-state index in [9.17, 15) is 0 Å². The highest BCUT2D eigenvalue weighted by Gasteiger charge is 2.35. The summed E-state index contributed by atoms with van der Waals surface area (Å²) in [5.74, 6) is 1.01. The molecule has 2 aliphatic rings. The molecule has 2 rings (SSSR count). The molecule has 1 heterocycles. The highest BCUT2D eigenvalue weighted by atomic mass is 32.1. The summed E-state index contributed by atoms with van der Waals surface area (Å²) in [7, 11) is 0. The third-order valence-corrected chi connectivity index (χ3v) is 5.35. The van der Waals surface area contributed by atoms with Gasteiger partial charge < -0.3 is 9.64 Å². The largest absolute Gasteiger partial charge is 0.381 e. The second kappa shape index (κ2) is 6.44. The predicted octanol–water partition coefficient (Wildman–Crippen LogP) is 2.98. The van der Waals surface area contributed by atoms with Crippen LogP contribution in [0.2, 0.25) is 0 Å². The number of thiol groups is 1. The van der Waals surface area contributed by atoms with E-state index in [0.717, 1.165) is 25.0 Å². The smallest absolute Gasteiger partial charge is 0.0472 e. The van der Waals surface area contributed by atoms with Crippen molar-refractivity contribution in [3.05, 3.63) is 0 Å². The first-order valence-corrected chi connectivity index (χ1v) is 7.85. The molecule has 2 nitrogen and oxygen atoms in total. The normalized spacial score (nSPS) is 25.6. The minimum atomic E-state index is 0.417. The molecule has 0 aromatic rings. The molecule has 3 heteroatoms. The summed E-state index contributed by atoms with van der Waals surface area (Å²) in [6.45, 7) is 6.61. The lowest BCUT2D eigenvalue weighted by atomic mass is 9.81. The molecule has 17 heavy (non-hydrogen) atoms. The Balaban J connectivity index is 1.94. The number of hydrogen-bond acceptors (Lipinski definition) is 3. The summed E-state index contributed by atoms with van der Waals surface area (Å²) in [6.07, 6.45) is 8.07. The number of rotatable bonds is 5. The Morgan fingerprint density at radius 2 is 1.88 bits per heavy atom. The van der Waals surface area contributed by atoms with Gasteiger partial charge >= 0.3 is 0 Å². The molecule has 2 fully saturated rings. The molecular formula is C14H27NOS. The van der Waals surface area contributed by atoms with Gasteiger partial charge in [-0.2, -0.15) is 12.6 Å². The molecule has 0 atom stereocenters. The number of nitrogens with zero attached hydrogens (tertiary/aromatic N) is 1. The average Bonchev–Trinajstić information content (AvgIpc) is 2.91. The molecule has 0 amide bonds. The van der Waals surface area contributed by atoms with Gasteiger partial charge in [-0.1, -0.05) is 19.8 Å². The van der Waals surface area contributed by atoms with E-state index in [2.05, 4.69) is 24.5 Å². The van der Waals surface area contributed by atoms with Crippen LogP contribution in [0.1, 0.15) is 45.4 Å². The summed E-state index contributed by atoms with van der Waals surface area (Å²) >= 11 is 4.62. The first-order chi connectivity index (χ1) is 8.29. The lowest BCUT2D eigenvalue weighted by Gasteiger charge is -2.42. The minimum Gasteiger partial charge on any atom is -0.381 e. The van der Waals surface area contributed by atoms with Gasteiger partial charge in [0.25, 0.3) is 0 Å². The highest BCUT2D eigenvalue weighted by Crippen LogP contribution is 2.35. The molecule has 0 unspecified atom stereocenters. The lowest BCUT2D eigenvalue weighted by Crippen LogP contribution is -2.46. The van der Waals surface area contributed by atoms with Crippen molar-refractivity contribution in [2.75, 3.05) is 32.1 Å². The first-order valence-electron chi connectivity index (χ1n) is 7.22. The maximum absolute atomic E-state index is 5.51. The van der Waals surface area contributed by atoms with E-state index >= 15 is 0 Å². The van der Waals surface area contributed by atoms with Crippen LogP contribution in [0.15, 0.2) is 0 Å². The lowest BCUT2D eigenvalue weighted by molar-refractivity contribution is 0.00145. The number of hydrogen-bond donors (Lipinski definition) is 1. The van der Waals surface area contributed by atoms with Gasteiger partial charge in [0.2, 0.25) is 0 Å². The minimum absolute atomic E-state index is 0.417. The average molecular weight is 257 g/mol. The summed E-state index contributed by atoms with van der Waals surface area (Å²) in [6, 6.07) is 0.847. The van der Waals surface area contributed by atoms with Crippen LogP contribution >= 0.6 is 12.6 Å². The Bertz CT molecular complexity index is 222. The van der Waals surface area contributed by atoms with Gasteiger partial charge in [-0.3, -0.25) is 0 Å². The van der Waals surface area contributed by atoms with E-state index in [1.54, 1.807) is 0 Å². The maximum atomic E-state index is 5.51. The van der Waals surface area contributed by atoms with E-state index in [-0.39, 0.29) is 0 Å². The SMILES string of the molecule is CCN(CC1(CS)CCOCC1)C1CCCC1. The van der Waals surface area contributed by atoms with Gasteiger partial charge in [0.15, 0.2) is 0 Å². The van der Waals surface area contributed by atoms with E-state index in [4.69, 9.17) is 4.74 Å². The molecule has 1 aliphatic heterocycles. The fourth-order valence-electron chi connectivity index (χ4n) is 3.37. The topological polar surface area (TPSA) is 12.5 Å². The molecule has 0 N–H and O–H groups in total. The molecule has 1 aliphatic carbocycles. The van der Waals surface area contributed by atoms with Gasteiger partial charge in [-0.15, -0.1) is 0 Å². The Morgan fingerprint density at radius 1 is 1.24 bits per heavy atom. The quantitative estimate of drug-likeness (QED) is 0.760. The Morgan fingerprint density at radius 3 is 2.41 bits per heavy atom. The predicted molar refractivity (Wildman–Crippen MR) is 75.8 cm³/mol. The number of ether oxygens (including phenoxy) is 1. The zero-order valence-corrected chi connectivity index (χ0v) is 12.1. The monoisotopic (exact) mass is 257 g/mol. The fourth-order valence-corrected chi connectivity index (χ4v) is 3.79. The van der Waals surface area contributed by atoms with Gasteiger partial charge in [-0.05, 0) is 43.4 Å². The summed E-state index contributed by atoms with van der Waals surface area (Å²) in [5, 5.41) is 0. The van der Waals surface area contributed by atoms with E-state index < -0.39 is 0 Å². The van der Waals surface area contributed by atoms with E-state index in [1.807, 2.05) is 0 Å². The zero-order valence-electron chi connectivity index (χ0n) is 11.2. The molecule has 0 bridgehead atoms. The van der Waals surface area contributed by atoms with Crippen molar-refractivity contribution in [1.82, 2.24) is 4.90 Å². The van der Waals surface area contributed by atoms with Crippen LogP contribution < -0.4 is 0 Å². The molecule has 0 spiro atoms. The second-order valence-electron chi connectivity index (χ2n) is 5.77. The van der Waals surface area contributed by atoms with Crippen molar-refractivity contribution in [3.63, 3.8) is 0 Å². The van der Waals surface area contributed by atoms with Crippen molar-refractivity contribution >= 4 is 12.6 Å². The Hall–Kier alpha value is 0.270.